The second kappa shape index (κ2) is 5.17. The van der Waals surface area contributed by atoms with Crippen LogP contribution in [-0.2, 0) is 4.79 Å². The van der Waals surface area contributed by atoms with Crippen LogP contribution in [0, 0.1) is 6.92 Å². The Labute approximate surface area is 117 Å². The smallest absolute Gasteiger partial charge is 0.255 e. The van der Waals surface area contributed by atoms with Gasteiger partial charge in [0.15, 0.2) is 0 Å². The van der Waals surface area contributed by atoms with Gasteiger partial charge < -0.3 is 5.32 Å². The first-order valence-electron chi connectivity index (χ1n) is 6.50. The second-order valence-electron chi connectivity index (χ2n) is 4.70. The van der Waals surface area contributed by atoms with Gasteiger partial charge in [-0.3, -0.25) is 4.79 Å². The fourth-order valence-corrected chi connectivity index (χ4v) is 2.11. The normalized spacial score (nSPS) is 14.3. The molecule has 1 heterocycles. The number of hydrogen-bond acceptors (Lipinski definition) is 3. The van der Waals surface area contributed by atoms with Crippen molar-refractivity contribution in [2.45, 2.75) is 6.92 Å². The van der Waals surface area contributed by atoms with E-state index >= 15 is 0 Å². The van der Waals surface area contributed by atoms with Crippen LogP contribution in [0.1, 0.15) is 5.56 Å². The quantitative estimate of drug-likeness (QED) is 0.907. The maximum Gasteiger partial charge on any atom is 0.255 e. The molecule has 4 heteroatoms. The van der Waals surface area contributed by atoms with Crippen molar-refractivity contribution in [3.8, 4) is 0 Å². The Kier molecular flexibility index (Phi) is 3.21. The average molecular weight is 265 g/mol. The van der Waals surface area contributed by atoms with Crippen LogP contribution >= 0.6 is 0 Å². The summed E-state index contributed by atoms with van der Waals surface area (Å²) in [7, 11) is 0. The number of guanidine groups is 1. The summed E-state index contributed by atoms with van der Waals surface area (Å²) in [6.07, 6.45) is 0. The summed E-state index contributed by atoms with van der Waals surface area (Å²) in [5, 5.41) is 3.20. The summed E-state index contributed by atoms with van der Waals surface area (Å²) < 4.78 is 0. The number of amides is 1. The summed E-state index contributed by atoms with van der Waals surface area (Å²) in [5.41, 5.74) is 2.94. The summed E-state index contributed by atoms with van der Waals surface area (Å²) in [4.78, 5) is 17.9. The molecule has 0 fully saturated rings. The molecular weight excluding hydrogens is 250 g/mol. The first kappa shape index (κ1) is 12.4. The van der Waals surface area contributed by atoms with Crippen LogP contribution in [0.3, 0.4) is 0 Å². The van der Waals surface area contributed by atoms with Crippen LogP contribution in [0.25, 0.3) is 0 Å². The van der Waals surface area contributed by atoms with Gasteiger partial charge in [0.2, 0.25) is 5.96 Å². The SMILES string of the molecule is Cc1ccc(NC2=NCC(=O)N2c2ccccc2)cc1. The summed E-state index contributed by atoms with van der Waals surface area (Å²) >= 11 is 0. The molecule has 0 aliphatic carbocycles. The van der Waals surface area contributed by atoms with E-state index in [0.717, 1.165) is 11.4 Å². The van der Waals surface area contributed by atoms with Crippen LogP contribution < -0.4 is 10.2 Å². The number of nitrogens with one attached hydrogen (secondary N) is 1. The zero-order valence-corrected chi connectivity index (χ0v) is 11.2. The molecule has 1 amide bonds. The lowest BCUT2D eigenvalue weighted by Crippen LogP contribution is -2.36. The maximum atomic E-state index is 12.0. The van der Waals surface area contributed by atoms with E-state index in [9.17, 15) is 4.79 Å². The van der Waals surface area contributed by atoms with Crippen LogP contribution in [-0.4, -0.2) is 18.4 Å². The van der Waals surface area contributed by atoms with E-state index in [1.54, 1.807) is 4.90 Å². The topological polar surface area (TPSA) is 44.7 Å². The van der Waals surface area contributed by atoms with Gasteiger partial charge in [-0.05, 0) is 31.2 Å². The number of carbonyl (C=O) groups is 1. The van der Waals surface area contributed by atoms with Gasteiger partial charge in [-0.2, -0.15) is 0 Å². The first-order chi connectivity index (χ1) is 9.74. The number of nitrogens with zero attached hydrogens (tertiary/aromatic N) is 2. The van der Waals surface area contributed by atoms with E-state index in [-0.39, 0.29) is 12.5 Å². The zero-order valence-electron chi connectivity index (χ0n) is 11.2. The molecule has 4 nitrogen and oxygen atoms in total. The van der Waals surface area contributed by atoms with Gasteiger partial charge >= 0.3 is 0 Å². The van der Waals surface area contributed by atoms with E-state index < -0.39 is 0 Å². The first-order valence-corrected chi connectivity index (χ1v) is 6.50. The van der Waals surface area contributed by atoms with Crippen LogP contribution in [0.5, 0.6) is 0 Å². The van der Waals surface area contributed by atoms with Crippen molar-refractivity contribution in [2.24, 2.45) is 4.99 Å². The maximum absolute atomic E-state index is 12.0. The van der Waals surface area contributed by atoms with Gasteiger partial charge in [0, 0.05) is 5.69 Å². The predicted molar refractivity (Wildman–Crippen MR) is 81.0 cm³/mol. The minimum Gasteiger partial charge on any atom is -0.326 e. The molecule has 0 aromatic heterocycles. The van der Waals surface area contributed by atoms with E-state index in [0.29, 0.717) is 5.96 Å². The van der Waals surface area contributed by atoms with Crippen LogP contribution in [0.15, 0.2) is 59.6 Å². The minimum absolute atomic E-state index is 0.0224. The molecule has 20 heavy (non-hydrogen) atoms. The number of carbonyl (C=O) groups excluding carboxylic acids is 1. The minimum atomic E-state index is -0.0224. The van der Waals surface area contributed by atoms with Gasteiger partial charge in [-0.25, -0.2) is 9.89 Å². The van der Waals surface area contributed by atoms with Crippen molar-refractivity contribution in [3.05, 3.63) is 60.2 Å². The lowest BCUT2D eigenvalue weighted by atomic mass is 10.2. The largest absolute Gasteiger partial charge is 0.326 e. The number of para-hydroxylation sites is 1. The van der Waals surface area contributed by atoms with Crippen molar-refractivity contribution in [1.82, 2.24) is 0 Å². The van der Waals surface area contributed by atoms with E-state index in [4.69, 9.17) is 0 Å². The van der Waals surface area contributed by atoms with E-state index in [2.05, 4.69) is 10.3 Å². The Balaban J connectivity index is 1.85. The van der Waals surface area contributed by atoms with Crippen molar-refractivity contribution in [3.63, 3.8) is 0 Å². The predicted octanol–water partition coefficient (Wildman–Crippen LogP) is 2.81. The lowest BCUT2D eigenvalue weighted by molar-refractivity contribution is -0.115. The molecule has 0 atom stereocenters. The Bertz CT molecular complexity index is 647. The van der Waals surface area contributed by atoms with E-state index in [1.165, 1.54) is 5.56 Å². The molecule has 0 unspecified atom stereocenters. The van der Waals surface area contributed by atoms with Gasteiger partial charge in [0.1, 0.15) is 6.54 Å². The molecule has 0 bridgehead atoms. The second-order valence-corrected chi connectivity index (χ2v) is 4.70. The Morgan fingerprint density at radius 2 is 1.75 bits per heavy atom. The Morgan fingerprint density at radius 1 is 1.05 bits per heavy atom. The number of anilines is 2. The zero-order chi connectivity index (χ0) is 13.9. The molecule has 1 aliphatic rings. The highest BCUT2D eigenvalue weighted by Gasteiger charge is 2.26. The van der Waals surface area contributed by atoms with Gasteiger partial charge in [0.25, 0.3) is 5.91 Å². The average Bonchev–Trinajstić information content (AvgIpc) is 2.83. The number of aryl methyl sites for hydroxylation is 1. The molecule has 0 radical (unpaired) electrons. The summed E-state index contributed by atoms with van der Waals surface area (Å²) in [5.74, 6) is 0.552. The van der Waals surface area contributed by atoms with Crippen molar-refractivity contribution < 1.29 is 4.79 Å². The molecular formula is C16H15N3O. The molecule has 0 spiro atoms. The third-order valence-corrected chi connectivity index (χ3v) is 3.15. The fourth-order valence-electron chi connectivity index (χ4n) is 2.11. The van der Waals surface area contributed by atoms with Gasteiger partial charge in [-0.15, -0.1) is 0 Å². The van der Waals surface area contributed by atoms with Gasteiger partial charge in [-0.1, -0.05) is 35.9 Å². The number of rotatable bonds is 2. The molecule has 3 rings (SSSR count). The van der Waals surface area contributed by atoms with Crippen molar-refractivity contribution in [2.75, 3.05) is 16.8 Å². The van der Waals surface area contributed by atoms with Crippen molar-refractivity contribution >= 4 is 23.2 Å². The van der Waals surface area contributed by atoms with Crippen LogP contribution in [0.2, 0.25) is 0 Å². The van der Waals surface area contributed by atoms with Crippen LogP contribution in [0.4, 0.5) is 11.4 Å². The molecule has 100 valence electrons. The standard InChI is InChI=1S/C16H15N3O/c1-12-7-9-13(10-8-12)18-16-17-11-15(20)19(16)14-5-3-2-4-6-14/h2-10H,11H2,1H3,(H,17,18). The fraction of sp³-hybridized carbons (Fsp3) is 0.125. The van der Waals surface area contributed by atoms with Crippen molar-refractivity contribution in [1.29, 1.82) is 0 Å². The monoisotopic (exact) mass is 265 g/mol. The molecule has 1 aliphatic heterocycles. The van der Waals surface area contributed by atoms with E-state index in [1.807, 2.05) is 61.5 Å². The highest BCUT2D eigenvalue weighted by atomic mass is 16.2. The number of hydrogen-bond donors (Lipinski definition) is 1. The Morgan fingerprint density at radius 3 is 2.45 bits per heavy atom. The highest BCUT2D eigenvalue weighted by molar-refractivity contribution is 6.24. The molecule has 0 saturated carbocycles. The molecule has 1 N–H and O–H groups in total. The lowest BCUT2D eigenvalue weighted by Gasteiger charge is -2.19. The summed E-state index contributed by atoms with van der Waals surface area (Å²) in [6, 6.07) is 17.5. The number of aliphatic imine (C=N–C) groups is 1. The molecule has 0 saturated heterocycles. The third kappa shape index (κ3) is 2.40. The summed E-state index contributed by atoms with van der Waals surface area (Å²) in [6.45, 7) is 2.22. The molecule has 2 aromatic carbocycles. The molecule has 2 aromatic rings. The number of benzene rings is 2. The third-order valence-electron chi connectivity index (χ3n) is 3.15. The highest BCUT2D eigenvalue weighted by Crippen LogP contribution is 2.19. The van der Waals surface area contributed by atoms with Gasteiger partial charge in [0.05, 0.1) is 5.69 Å². The Hall–Kier alpha value is -2.62.